The highest BCUT2D eigenvalue weighted by Gasteiger charge is 2.46. The third-order valence-corrected chi connectivity index (χ3v) is 4.21. The lowest BCUT2D eigenvalue weighted by molar-refractivity contribution is -0.113. The number of nitrogens with zero attached hydrogens (tertiary/aromatic N) is 2. The second-order valence-corrected chi connectivity index (χ2v) is 7.17. The quantitative estimate of drug-likeness (QED) is 0.482. The van der Waals surface area contributed by atoms with Gasteiger partial charge in [0.2, 0.25) is 5.88 Å². The zero-order valence-electron chi connectivity index (χ0n) is 15.5. The van der Waals surface area contributed by atoms with Crippen LogP contribution in [0.3, 0.4) is 0 Å². The van der Waals surface area contributed by atoms with Gasteiger partial charge in [0.05, 0.1) is 24.8 Å². The number of ether oxygens (including phenoxy) is 2. The number of hydrogen-bond acceptors (Lipinski definition) is 4. The van der Waals surface area contributed by atoms with E-state index in [4.69, 9.17) is 16.3 Å². The third-order valence-electron chi connectivity index (χ3n) is 4.02. The summed E-state index contributed by atoms with van der Waals surface area (Å²) in [5, 5.41) is 0.0833. The van der Waals surface area contributed by atoms with E-state index in [0.29, 0.717) is 11.1 Å². The van der Waals surface area contributed by atoms with E-state index < -0.39 is 31.5 Å². The van der Waals surface area contributed by atoms with E-state index in [-0.39, 0.29) is 28.5 Å². The number of carbonyl (C=O) groups is 1. The van der Waals surface area contributed by atoms with Crippen molar-refractivity contribution in [3.8, 4) is 22.8 Å². The van der Waals surface area contributed by atoms with Crippen molar-refractivity contribution in [3.63, 3.8) is 0 Å². The SMILES string of the molecule is CC(C)Oc1cc(-c2ccc(OC(F)F)cc2C(=O)N2CC(F)(F)C2)cc(Cl)n1. The van der Waals surface area contributed by atoms with Crippen LogP contribution in [0.4, 0.5) is 17.6 Å². The molecule has 29 heavy (non-hydrogen) atoms. The Morgan fingerprint density at radius 1 is 1.17 bits per heavy atom. The van der Waals surface area contributed by atoms with Crippen LogP contribution in [0.15, 0.2) is 30.3 Å². The highest BCUT2D eigenvalue weighted by molar-refractivity contribution is 6.29. The van der Waals surface area contributed by atoms with Crippen LogP contribution in [0.2, 0.25) is 5.15 Å². The van der Waals surface area contributed by atoms with E-state index in [9.17, 15) is 22.4 Å². The van der Waals surface area contributed by atoms with Gasteiger partial charge in [-0.25, -0.2) is 13.8 Å². The summed E-state index contributed by atoms with van der Waals surface area (Å²) < 4.78 is 61.5. The Morgan fingerprint density at radius 2 is 1.86 bits per heavy atom. The van der Waals surface area contributed by atoms with Crippen LogP contribution in [0.5, 0.6) is 11.6 Å². The Morgan fingerprint density at radius 3 is 2.45 bits per heavy atom. The van der Waals surface area contributed by atoms with E-state index in [2.05, 4.69) is 9.72 Å². The first-order valence-electron chi connectivity index (χ1n) is 8.64. The van der Waals surface area contributed by atoms with Crippen molar-refractivity contribution in [2.24, 2.45) is 0 Å². The first kappa shape index (κ1) is 21.2. The van der Waals surface area contributed by atoms with Crippen LogP contribution < -0.4 is 9.47 Å². The minimum absolute atomic E-state index is 0.0728. The zero-order valence-corrected chi connectivity index (χ0v) is 16.2. The molecule has 5 nitrogen and oxygen atoms in total. The molecule has 2 heterocycles. The summed E-state index contributed by atoms with van der Waals surface area (Å²) in [5.74, 6) is -3.77. The van der Waals surface area contributed by atoms with E-state index in [1.807, 2.05) is 0 Å². The molecule has 1 aliphatic rings. The fraction of sp³-hybridized carbons (Fsp3) is 0.368. The third kappa shape index (κ3) is 5.09. The van der Waals surface area contributed by atoms with Gasteiger partial charge in [0.1, 0.15) is 10.9 Å². The Kier molecular flexibility index (Phi) is 5.88. The number of benzene rings is 1. The minimum Gasteiger partial charge on any atom is -0.475 e. The van der Waals surface area contributed by atoms with Gasteiger partial charge in [0.25, 0.3) is 11.8 Å². The standard InChI is InChI=1S/C19H17ClF4N2O3/c1-10(2)28-16-6-11(5-15(20)25-16)13-4-3-12(29-18(21)22)7-14(13)17(27)26-8-19(23,24)9-26/h3-7,10,18H,8-9H2,1-2H3. The number of amides is 1. The molecule has 3 rings (SSSR count). The van der Waals surface area contributed by atoms with Gasteiger partial charge in [-0.3, -0.25) is 4.79 Å². The van der Waals surface area contributed by atoms with Crippen LogP contribution in [0.25, 0.3) is 11.1 Å². The van der Waals surface area contributed by atoms with Gasteiger partial charge in [-0.05, 0) is 49.2 Å². The predicted molar refractivity (Wildman–Crippen MR) is 97.9 cm³/mol. The number of halogens is 5. The summed E-state index contributed by atoms with van der Waals surface area (Å²) in [6.07, 6.45) is -0.194. The Hall–Kier alpha value is -2.55. The average molecular weight is 433 g/mol. The molecule has 156 valence electrons. The van der Waals surface area contributed by atoms with Gasteiger partial charge in [-0.1, -0.05) is 11.6 Å². The van der Waals surface area contributed by atoms with Crippen molar-refractivity contribution in [3.05, 3.63) is 41.0 Å². The first-order chi connectivity index (χ1) is 13.5. The van der Waals surface area contributed by atoms with Gasteiger partial charge in [-0.15, -0.1) is 0 Å². The zero-order chi connectivity index (χ0) is 21.3. The molecule has 1 aromatic carbocycles. The van der Waals surface area contributed by atoms with Gasteiger partial charge >= 0.3 is 6.61 Å². The first-order valence-corrected chi connectivity index (χ1v) is 9.02. The second-order valence-electron chi connectivity index (χ2n) is 6.79. The molecule has 0 aliphatic carbocycles. The number of likely N-dealkylation sites (tertiary alicyclic amines) is 1. The molecule has 10 heteroatoms. The summed E-state index contributed by atoms with van der Waals surface area (Å²) in [6, 6.07) is 6.71. The van der Waals surface area contributed by atoms with E-state index in [1.54, 1.807) is 13.8 Å². The fourth-order valence-corrected chi connectivity index (χ4v) is 3.09. The van der Waals surface area contributed by atoms with Crippen LogP contribution in [-0.4, -0.2) is 47.5 Å². The Bertz CT molecular complexity index is 916. The Balaban J connectivity index is 2.04. The highest BCUT2D eigenvalue weighted by atomic mass is 35.5. The molecule has 0 radical (unpaired) electrons. The molecular weight excluding hydrogens is 416 g/mol. The molecule has 0 N–H and O–H groups in total. The highest BCUT2D eigenvalue weighted by Crippen LogP contribution is 2.35. The molecule has 2 aromatic rings. The number of carbonyl (C=O) groups excluding carboxylic acids is 1. The summed E-state index contributed by atoms with van der Waals surface area (Å²) in [6.45, 7) is -1.01. The number of hydrogen-bond donors (Lipinski definition) is 0. The normalized spacial score (nSPS) is 15.4. The fourth-order valence-electron chi connectivity index (χ4n) is 2.88. The number of rotatable bonds is 6. The van der Waals surface area contributed by atoms with E-state index in [1.165, 1.54) is 24.3 Å². The van der Waals surface area contributed by atoms with Gasteiger partial charge in [0, 0.05) is 6.07 Å². The lowest BCUT2D eigenvalue weighted by Crippen LogP contribution is -2.58. The maximum Gasteiger partial charge on any atom is 0.387 e. The summed E-state index contributed by atoms with van der Waals surface area (Å²) in [4.78, 5) is 17.7. The molecule has 0 spiro atoms. The topological polar surface area (TPSA) is 51.7 Å². The van der Waals surface area contributed by atoms with Crippen molar-refractivity contribution < 1.29 is 31.8 Å². The number of alkyl halides is 4. The van der Waals surface area contributed by atoms with Crippen LogP contribution in [0, 0.1) is 0 Å². The van der Waals surface area contributed by atoms with Gasteiger partial charge in [0.15, 0.2) is 0 Å². The van der Waals surface area contributed by atoms with E-state index >= 15 is 0 Å². The molecule has 0 unspecified atom stereocenters. The van der Waals surface area contributed by atoms with E-state index in [0.717, 1.165) is 11.0 Å². The van der Waals surface area contributed by atoms with Crippen molar-refractivity contribution >= 4 is 17.5 Å². The average Bonchev–Trinajstić information content (AvgIpc) is 2.57. The summed E-state index contributed by atoms with van der Waals surface area (Å²) >= 11 is 6.04. The van der Waals surface area contributed by atoms with Crippen LogP contribution in [-0.2, 0) is 0 Å². The Labute approximate surface area is 169 Å². The molecular formula is C19H17ClF4N2O3. The molecule has 1 aromatic heterocycles. The van der Waals surface area contributed by atoms with Crippen molar-refractivity contribution in [1.82, 2.24) is 9.88 Å². The smallest absolute Gasteiger partial charge is 0.387 e. The molecule has 0 bridgehead atoms. The summed E-state index contributed by atoms with van der Waals surface area (Å²) in [5.41, 5.74) is 0.640. The van der Waals surface area contributed by atoms with Crippen LogP contribution in [0.1, 0.15) is 24.2 Å². The summed E-state index contributed by atoms with van der Waals surface area (Å²) in [7, 11) is 0. The van der Waals surface area contributed by atoms with Crippen LogP contribution >= 0.6 is 11.6 Å². The molecule has 1 aliphatic heterocycles. The lowest BCUT2D eigenvalue weighted by atomic mass is 9.97. The molecule has 1 saturated heterocycles. The minimum atomic E-state index is -3.10. The second kappa shape index (κ2) is 8.06. The number of pyridine rings is 1. The lowest BCUT2D eigenvalue weighted by Gasteiger charge is -2.39. The molecule has 0 saturated carbocycles. The maximum atomic E-state index is 13.2. The van der Waals surface area contributed by atoms with Crippen molar-refractivity contribution in [1.29, 1.82) is 0 Å². The largest absolute Gasteiger partial charge is 0.475 e. The van der Waals surface area contributed by atoms with Crippen molar-refractivity contribution in [2.45, 2.75) is 32.5 Å². The van der Waals surface area contributed by atoms with Gasteiger partial charge < -0.3 is 14.4 Å². The van der Waals surface area contributed by atoms with Crippen molar-refractivity contribution in [2.75, 3.05) is 13.1 Å². The maximum absolute atomic E-state index is 13.2. The monoisotopic (exact) mass is 432 g/mol. The van der Waals surface area contributed by atoms with Gasteiger partial charge in [-0.2, -0.15) is 8.78 Å². The molecule has 0 atom stereocenters. The molecule has 1 fully saturated rings. The number of aromatic nitrogens is 1. The predicted octanol–water partition coefficient (Wildman–Crippen LogP) is 4.88. The molecule has 1 amide bonds.